The van der Waals surface area contributed by atoms with Crippen LogP contribution in [-0.2, 0) is 11.3 Å². The van der Waals surface area contributed by atoms with Crippen molar-refractivity contribution < 1.29 is 9.18 Å². The maximum atomic E-state index is 13.8. The van der Waals surface area contributed by atoms with Gasteiger partial charge in [-0.1, -0.05) is 30.3 Å². The summed E-state index contributed by atoms with van der Waals surface area (Å²) in [5.74, 6) is 0.449. The number of aromatic amines is 1. The zero-order valence-corrected chi connectivity index (χ0v) is 13.4. The van der Waals surface area contributed by atoms with Crippen molar-refractivity contribution in [3.63, 3.8) is 0 Å². The van der Waals surface area contributed by atoms with Gasteiger partial charge in [-0.2, -0.15) is 0 Å². The number of fused-ring (bicyclic) bond motifs is 1. The van der Waals surface area contributed by atoms with E-state index in [2.05, 4.69) is 9.97 Å². The lowest BCUT2D eigenvalue weighted by Crippen LogP contribution is -2.28. The number of hydrogen-bond acceptors (Lipinski definition) is 2. The number of imidazole rings is 1. The van der Waals surface area contributed by atoms with Crippen molar-refractivity contribution in [1.82, 2.24) is 14.9 Å². The van der Waals surface area contributed by atoms with Crippen LogP contribution in [0.4, 0.5) is 4.39 Å². The maximum Gasteiger partial charge on any atom is 0.226 e. The molecule has 0 radical (unpaired) electrons. The lowest BCUT2D eigenvalue weighted by molar-refractivity contribution is -0.132. The van der Waals surface area contributed by atoms with Crippen LogP contribution < -0.4 is 0 Å². The smallest absolute Gasteiger partial charge is 0.226 e. The van der Waals surface area contributed by atoms with E-state index in [1.807, 2.05) is 30.3 Å². The van der Waals surface area contributed by atoms with Crippen molar-refractivity contribution in [3.05, 3.63) is 65.7 Å². The first kappa shape index (κ1) is 14.9. The van der Waals surface area contributed by atoms with Gasteiger partial charge in [0.2, 0.25) is 5.91 Å². The Morgan fingerprint density at radius 1 is 1.25 bits per heavy atom. The van der Waals surface area contributed by atoms with Crippen molar-refractivity contribution >= 4 is 16.9 Å². The number of benzene rings is 2. The topological polar surface area (TPSA) is 49.0 Å². The minimum Gasteiger partial charge on any atom is -0.340 e. The van der Waals surface area contributed by atoms with E-state index in [1.165, 1.54) is 6.07 Å². The molecule has 0 unspecified atom stereocenters. The fourth-order valence-electron chi connectivity index (χ4n) is 3.25. The van der Waals surface area contributed by atoms with Crippen LogP contribution in [0.2, 0.25) is 0 Å². The predicted molar refractivity (Wildman–Crippen MR) is 89.8 cm³/mol. The molecule has 4 rings (SSSR count). The molecule has 1 saturated carbocycles. The average molecular weight is 323 g/mol. The first-order chi connectivity index (χ1) is 11.6. The largest absolute Gasteiger partial charge is 0.340 e. The number of nitrogens with one attached hydrogen (secondary N) is 1. The zero-order valence-electron chi connectivity index (χ0n) is 13.4. The molecular formula is C19H18FN3O. The van der Waals surface area contributed by atoms with Crippen molar-refractivity contribution in [2.24, 2.45) is 5.92 Å². The molecule has 1 aliphatic carbocycles. The predicted octanol–water partition coefficient (Wildman–Crippen LogP) is 3.46. The Morgan fingerprint density at radius 2 is 2.00 bits per heavy atom. The number of carbonyl (C=O) groups excluding carboxylic acids is 1. The molecule has 2 atom stereocenters. The summed E-state index contributed by atoms with van der Waals surface area (Å²) in [6.07, 6.45) is 0.713. The number of para-hydroxylation sites is 2. The third-order valence-electron chi connectivity index (χ3n) is 4.61. The minimum atomic E-state index is -0.224. The number of nitrogens with zero attached hydrogens (tertiary/aromatic N) is 2. The third-order valence-corrected chi connectivity index (χ3v) is 4.61. The van der Waals surface area contributed by atoms with Crippen molar-refractivity contribution in [3.8, 4) is 0 Å². The van der Waals surface area contributed by atoms with E-state index >= 15 is 0 Å². The Morgan fingerprint density at radius 3 is 2.79 bits per heavy atom. The summed E-state index contributed by atoms with van der Waals surface area (Å²) in [4.78, 5) is 22.0. The molecule has 1 N–H and O–H groups in total. The zero-order chi connectivity index (χ0) is 16.7. The summed E-state index contributed by atoms with van der Waals surface area (Å²) in [6.45, 7) is 0.425. The molecule has 4 nitrogen and oxygen atoms in total. The highest BCUT2D eigenvalue weighted by atomic mass is 19.1. The van der Waals surface area contributed by atoms with E-state index in [4.69, 9.17) is 0 Å². The molecule has 1 fully saturated rings. The van der Waals surface area contributed by atoms with Crippen molar-refractivity contribution in [2.75, 3.05) is 7.05 Å². The van der Waals surface area contributed by atoms with Gasteiger partial charge in [0, 0.05) is 13.0 Å². The summed E-state index contributed by atoms with van der Waals surface area (Å²) in [5.41, 5.74) is 2.50. The van der Waals surface area contributed by atoms with E-state index in [-0.39, 0.29) is 23.6 Å². The number of rotatable bonds is 4. The summed E-state index contributed by atoms with van der Waals surface area (Å²) in [7, 11) is 1.77. The first-order valence-electron chi connectivity index (χ1n) is 8.06. The van der Waals surface area contributed by atoms with Gasteiger partial charge in [-0.25, -0.2) is 9.37 Å². The second kappa shape index (κ2) is 5.74. The van der Waals surface area contributed by atoms with Gasteiger partial charge >= 0.3 is 0 Å². The highest BCUT2D eigenvalue weighted by Crippen LogP contribution is 2.49. The van der Waals surface area contributed by atoms with Crippen LogP contribution in [0.1, 0.15) is 23.7 Å². The molecular weight excluding hydrogens is 305 g/mol. The molecule has 1 amide bonds. The first-order valence-corrected chi connectivity index (χ1v) is 8.06. The molecule has 0 saturated heterocycles. The van der Waals surface area contributed by atoms with Crippen LogP contribution in [0.15, 0.2) is 48.5 Å². The summed E-state index contributed by atoms with van der Waals surface area (Å²) < 4.78 is 13.8. The van der Waals surface area contributed by atoms with Crippen LogP contribution in [0.3, 0.4) is 0 Å². The third kappa shape index (κ3) is 2.66. The van der Waals surface area contributed by atoms with Crippen LogP contribution in [0, 0.1) is 11.7 Å². The lowest BCUT2D eigenvalue weighted by Gasteiger charge is -2.15. The lowest BCUT2D eigenvalue weighted by atomic mass is 10.1. The molecule has 24 heavy (non-hydrogen) atoms. The minimum absolute atomic E-state index is 0.00294. The molecule has 2 aromatic carbocycles. The Bertz CT molecular complexity index is 871. The quantitative estimate of drug-likeness (QED) is 0.799. The van der Waals surface area contributed by atoms with Gasteiger partial charge in [0.15, 0.2) is 0 Å². The molecule has 0 bridgehead atoms. The molecule has 0 aliphatic heterocycles. The molecule has 3 aromatic rings. The molecule has 122 valence electrons. The van der Waals surface area contributed by atoms with Gasteiger partial charge < -0.3 is 9.88 Å². The molecule has 1 aromatic heterocycles. The number of carbonyl (C=O) groups is 1. The highest BCUT2D eigenvalue weighted by Gasteiger charge is 2.46. The fraction of sp³-hybridized carbons (Fsp3) is 0.263. The van der Waals surface area contributed by atoms with Gasteiger partial charge in [0.25, 0.3) is 0 Å². The second-order valence-electron chi connectivity index (χ2n) is 6.37. The standard InChI is InChI=1S/C19H18FN3O/c1-23(11-18-21-16-8-4-5-9-17(16)22-18)19(24)14-10-13(14)12-6-2-3-7-15(12)20/h2-9,13-14H,10-11H2,1H3,(H,21,22)/t13-,14-/m1/s1. The molecule has 1 aliphatic rings. The summed E-state index contributed by atoms with van der Waals surface area (Å²) >= 11 is 0. The van der Waals surface area contributed by atoms with E-state index in [0.717, 1.165) is 16.9 Å². The summed E-state index contributed by atoms with van der Waals surface area (Å²) in [5, 5.41) is 0. The van der Waals surface area contributed by atoms with E-state index < -0.39 is 0 Å². The Labute approximate surface area is 139 Å². The van der Waals surface area contributed by atoms with Crippen LogP contribution in [0.5, 0.6) is 0 Å². The highest BCUT2D eigenvalue weighted by molar-refractivity contribution is 5.83. The Kier molecular flexibility index (Phi) is 3.56. The fourth-order valence-corrected chi connectivity index (χ4v) is 3.25. The molecule has 1 heterocycles. The number of H-pyrrole nitrogens is 1. The normalized spacial score (nSPS) is 19.4. The van der Waals surface area contributed by atoms with Crippen LogP contribution in [-0.4, -0.2) is 27.8 Å². The van der Waals surface area contributed by atoms with Crippen molar-refractivity contribution in [1.29, 1.82) is 0 Å². The van der Waals surface area contributed by atoms with Gasteiger partial charge in [0.1, 0.15) is 11.6 Å². The van der Waals surface area contributed by atoms with Crippen LogP contribution >= 0.6 is 0 Å². The monoisotopic (exact) mass is 323 g/mol. The van der Waals surface area contributed by atoms with E-state index in [0.29, 0.717) is 18.5 Å². The van der Waals surface area contributed by atoms with Crippen LogP contribution in [0.25, 0.3) is 11.0 Å². The van der Waals surface area contributed by atoms with Gasteiger partial charge in [-0.05, 0) is 36.1 Å². The van der Waals surface area contributed by atoms with Gasteiger partial charge in [0.05, 0.1) is 17.6 Å². The number of amides is 1. The van der Waals surface area contributed by atoms with E-state index in [1.54, 1.807) is 24.1 Å². The number of hydrogen-bond donors (Lipinski definition) is 1. The number of aromatic nitrogens is 2. The average Bonchev–Trinajstić information content (AvgIpc) is 3.26. The Hall–Kier alpha value is -2.69. The number of halogens is 1. The van der Waals surface area contributed by atoms with Gasteiger partial charge in [-0.15, -0.1) is 0 Å². The SMILES string of the molecule is CN(Cc1nc2ccccc2[nH]1)C(=O)[C@@H]1C[C@@H]1c1ccccc1F. The van der Waals surface area contributed by atoms with Gasteiger partial charge in [-0.3, -0.25) is 4.79 Å². The Balaban J connectivity index is 1.44. The van der Waals surface area contributed by atoms with Crippen molar-refractivity contribution in [2.45, 2.75) is 18.9 Å². The second-order valence-corrected chi connectivity index (χ2v) is 6.37. The molecule has 0 spiro atoms. The molecule has 5 heteroatoms. The maximum absolute atomic E-state index is 13.8. The van der Waals surface area contributed by atoms with E-state index in [9.17, 15) is 9.18 Å². The summed E-state index contributed by atoms with van der Waals surface area (Å²) in [6, 6.07) is 14.5.